The van der Waals surface area contributed by atoms with E-state index in [2.05, 4.69) is 0 Å². The van der Waals surface area contributed by atoms with E-state index in [4.69, 9.17) is 9.47 Å². The zero-order valence-corrected chi connectivity index (χ0v) is 10.1. The molecule has 5 heteroatoms. The Balaban J connectivity index is 2.81. The third kappa shape index (κ3) is 2.79. The number of carbonyl (C=O) groups excluding carboxylic acids is 1. The van der Waals surface area contributed by atoms with E-state index in [0.29, 0.717) is 6.42 Å². The summed E-state index contributed by atoms with van der Waals surface area (Å²) in [6.45, 7) is 6.48. The molecule has 1 heterocycles. The maximum atomic E-state index is 11.4. The van der Waals surface area contributed by atoms with Crippen molar-refractivity contribution >= 4 is 5.78 Å². The zero-order chi connectivity index (χ0) is 12.5. The highest BCUT2D eigenvalue weighted by Crippen LogP contribution is 2.31. The summed E-state index contributed by atoms with van der Waals surface area (Å²) < 4.78 is 10.9. The van der Waals surface area contributed by atoms with Crippen molar-refractivity contribution in [3.8, 4) is 0 Å². The highest BCUT2D eigenvalue weighted by Gasteiger charge is 2.48. The highest BCUT2D eigenvalue weighted by atomic mass is 16.8. The van der Waals surface area contributed by atoms with E-state index in [1.807, 2.05) is 0 Å². The summed E-state index contributed by atoms with van der Waals surface area (Å²) in [4.78, 5) is 11.4. The molecule has 0 spiro atoms. The first kappa shape index (κ1) is 13.6. The number of ether oxygens (including phenoxy) is 2. The molecular weight excluding hydrogens is 212 g/mol. The van der Waals surface area contributed by atoms with Gasteiger partial charge in [-0.05, 0) is 27.2 Å². The minimum atomic E-state index is -1.11. The first-order valence-electron chi connectivity index (χ1n) is 5.50. The van der Waals surface area contributed by atoms with E-state index in [0.717, 1.165) is 0 Å². The Bertz CT molecular complexity index is 263. The predicted molar refractivity (Wildman–Crippen MR) is 56.8 cm³/mol. The number of hydrogen-bond donors (Lipinski definition) is 2. The Morgan fingerprint density at radius 3 is 2.38 bits per heavy atom. The maximum Gasteiger partial charge on any atom is 0.164 e. The Morgan fingerprint density at radius 1 is 1.38 bits per heavy atom. The molecule has 0 aliphatic carbocycles. The normalized spacial score (nSPS) is 32.4. The van der Waals surface area contributed by atoms with Crippen LogP contribution in [0.15, 0.2) is 0 Å². The topological polar surface area (TPSA) is 76.0 Å². The lowest BCUT2D eigenvalue weighted by atomic mass is 9.99. The summed E-state index contributed by atoms with van der Waals surface area (Å²) in [6, 6.07) is 0. The number of Topliss-reactive ketones (excluding diaryl/α,β-unsaturated/α-hetero) is 1. The summed E-state index contributed by atoms with van der Waals surface area (Å²) in [6.07, 6.45) is -3.25. The van der Waals surface area contributed by atoms with Gasteiger partial charge in [-0.1, -0.05) is 6.92 Å². The summed E-state index contributed by atoms with van der Waals surface area (Å²) in [5, 5.41) is 19.4. The third-order valence-electron chi connectivity index (χ3n) is 2.68. The van der Waals surface area contributed by atoms with Crippen LogP contribution in [0.3, 0.4) is 0 Å². The second-order valence-corrected chi connectivity index (χ2v) is 4.60. The van der Waals surface area contributed by atoms with Gasteiger partial charge in [0.15, 0.2) is 11.6 Å². The smallest absolute Gasteiger partial charge is 0.164 e. The van der Waals surface area contributed by atoms with Crippen LogP contribution in [0.2, 0.25) is 0 Å². The number of rotatable bonds is 4. The number of aliphatic hydroxyl groups is 2. The van der Waals surface area contributed by atoms with Crippen LogP contribution >= 0.6 is 0 Å². The average Bonchev–Trinajstić information content (AvgIpc) is 2.52. The number of hydrogen-bond acceptors (Lipinski definition) is 5. The Labute approximate surface area is 95.4 Å². The fourth-order valence-electron chi connectivity index (χ4n) is 1.81. The van der Waals surface area contributed by atoms with Gasteiger partial charge in [-0.25, -0.2) is 0 Å². The Kier molecular flexibility index (Phi) is 4.07. The van der Waals surface area contributed by atoms with Crippen molar-refractivity contribution in [2.75, 3.05) is 0 Å². The van der Waals surface area contributed by atoms with Crippen molar-refractivity contribution in [1.29, 1.82) is 0 Å². The number of ketones is 1. The Morgan fingerprint density at radius 2 is 1.94 bits per heavy atom. The quantitative estimate of drug-likeness (QED) is 0.725. The molecule has 2 N–H and O–H groups in total. The fourth-order valence-corrected chi connectivity index (χ4v) is 1.81. The van der Waals surface area contributed by atoms with E-state index in [9.17, 15) is 15.0 Å². The molecular formula is C11H20O5. The third-order valence-corrected chi connectivity index (χ3v) is 2.68. The molecule has 1 aliphatic heterocycles. The predicted octanol–water partition coefficient (Wildman–Crippen LogP) is 0.227. The van der Waals surface area contributed by atoms with E-state index >= 15 is 0 Å². The molecule has 0 saturated carbocycles. The molecule has 1 fully saturated rings. The first-order chi connectivity index (χ1) is 7.28. The van der Waals surface area contributed by atoms with Crippen LogP contribution < -0.4 is 0 Å². The van der Waals surface area contributed by atoms with E-state index in [1.165, 1.54) is 6.92 Å². The van der Waals surface area contributed by atoms with Gasteiger partial charge in [0.25, 0.3) is 0 Å². The minimum Gasteiger partial charge on any atom is -0.390 e. The molecule has 94 valence electrons. The van der Waals surface area contributed by atoms with Crippen LogP contribution in [0.25, 0.3) is 0 Å². The molecule has 0 aromatic heterocycles. The molecule has 1 rings (SSSR count). The van der Waals surface area contributed by atoms with Gasteiger partial charge in [-0.3, -0.25) is 4.79 Å². The lowest BCUT2D eigenvalue weighted by molar-refractivity contribution is -0.164. The van der Waals surface area contributed by atoms with Gasteiger partial charge < -0.3 is 19.7 Å². The van der Waals surface area contributed by atoms with Crippen molar-refractivity contribution in [3.63, 3.8) is 0 Å². The fraction of sp³-hybridized carbons (Fsp3) is 0.909. The minimum absolute atomic E-state index is 0.210. The van der Waals surface area contributed by atoms with Gasteiger partial charge in [-0.2, -0.15) is 0 Å². The van der Waals surface area contributed by atoms with Crippen LogP contribution in [-0.4, -0.2) is 46.2 Å². The number of aliphatic hydroxyl groups excluding tert-OH is 2. The van der Waals surface area contributed by atoms with Crippen LogP contribution in [0.1, 0.15) is 34.1 Å². The van der Waals surface area contributed by atoms with Crippen molar-refractivity contribution in [3.05, 3.63) is 0 Å². The van der Waals surface area contributed by atoms with Crippen LogP contribution in [-0.2, 0) is 14.3 Å². The summed E-state index contributed by atoms with van der Waals surface area (Å²) in [7, 11) is 0. The lowest BCUT2D eigenvalue weighted by Gasteiger charge is -2.24. The lowest BCUT2D eigenvalue weighted by Crippen LogP contribution is -2.45. The molecule has 0 unspecified atom stereocenters. The molecule has 1 saturated heterocycles. The standard InChI is InChI=1S/C11H20O5/c1-5-7(13)8(14)10-9(6(2)12)15-11(3,4)16-10/h7-10,13-14H,5H2,1-4H3/t7-,8+,9+,10-/m0/s1. The highest BCUT2D eigenvalue weighted by molar-refractivity contribution is 5.81. The Hall–Kier alpha value is -0.490. The molecule has 0 bridgehead atoms. The SMILES string of the molecule is CC[C@H](O)[C@@H](O)[C@@H]1OC(C)(C)O[C@@H]1C(C)=O. The maximum absolute atomic E-state index is 11.4. The van der Waals surface area contributed by atoms with Crippen molar-refractivity contribution < 1.29 is 24.5 Å². The molecule has 16 heavy (non-hydrogen) atoms. The first-order valence-corrected chi connectivity index (χ1v) is 5.50. The summed E-state index contributed by atoms with van der Waals surface area (Å²) in [5.41, 5.74) is 0. The molecule has 0 radical (unpaired) electrons. The summed E-state index contributed by atoms with van der Waals surface area (Å²) in [5.74, 6) is -1.12. The van der Waals surface area contributed by atoms with Gasteiger partial charge in [0.1, 0.15) is 18.3 Å². The van der Waals surface area contributed by atoms with Gasteiger partial charge in [0, 0.05) is 0 Å². The second kappa shape index (κ2) is 4.79. The van der Waals surface area contributed by atoms with Gasteiger partial charge in [0.2, 0.25) is 0 Å². The van der Waals surface area contributed by atoms with Crippen LogP contribution in [0.5, 0.6) is 0 Å². The molecule has 4 atom stereocenters. The van der Waals surface area contributed by atoms with Gasteiger partial charge in [-0.15, -0.1) is 0 Å². The molecule has 1 aliphatic rings. The van der Waals surface area contributed by atoms with Crippen molar-refractivity contribution in [1.82, 2.24) is 0 Å². The monoisotopic (exact) mass is 232 g/mol. The second-order valence-electron chi connectivity index (χ2n) is 4.60. The van der Waals surface area contributed by atoms with Gasteiger partial charge in [0.05, 0.1) is 6.10 Å². The van der Waals surface area contributed by atoms with Crippen molar-refractivity contribution in [2.24, 2.45) is 0 Å². The largest absolute Gasteiger partial charge is 0.390 e. The van der Waals surface area contributed by atoms with Crippen molar-refractivity contribution in [2.45, 2.75) is 64.3 Å². The average molecular weight is 232 g/mol. The molecule has 0 aromatic carbocycles. The molecule has 0 aromatic rings. The molecule has 0 amide bonds. The summed E-state index contributed by atoms with van der Waals surface area (Å²) >= 11 is 0. The molecule has 5 nitrogen and oxygen atoms in total. The zero-order valence-electron chi connectivity index (χ0n) is 10.1. The van der Waals surface area contributed by atoms with E-state index in [-0.39, 0.29) is 5.78 Å². The van der Waals surface area contributed by atoms with E-state index < -0.39 is 30.2 Å². The van der Waals surface area contributed by atoms with Gasteiger partial charge >= 0.3 is 0 Å². The number of carbonyl (C=O) groups is 1. The van der Waals surface area contributed by atoms with Crippen LogP contribution in [0, 0.1) is 0 Å². The van der Waals surface area contributed by atoms with E-state index in [1.54, 1.807) is 20.8 Å². The van der Waals surface area contributed by atoms with Crippen LogP contribution in [0.4, 0.5) is 0 Å².